The molecule has 0 aromatic rings. The number of rotatable bonds is 3. The van der Waals surface area contributed by atoms with Crippen LogP contribution in [-0.4, -0.2) is 23.0 Å². The van der Waals surface area contributed by atoms with E-state index < -0.39 is 0 Å². The summed E-state index contributed by atoms with van der Waals surface area (Å²) in [5, 5.41) is 6.61. The predicted molar refractivity (Wildman–Crippen MR) is 51.4 cm³/mol. The van der Waals surface area contributed by atoms with Crippen molar-refractivity contribution in [1.29, 1.82) is 0 Å². The van der Waals surface area contributed by atoms with Crippen molar-refractivity contribution < 1.29 is 4.79 Å². The van der Waals surface area contributed by atoms with Crippen LogP contribution in [0.2, 0.25) is 0 Å². The molecule has 0 aromatic carbocycles. The van der Waals surface area contributed by atoms with Gasteiger partial charge in [0, 0.05) is 24.0 Å². The Balaban J connectivity index is 1.82. The van der Waals surface area contributed by atoms with E-state index in [-0.39, 0.29) is 11.4 Å². The summed E-state index contributed by atoms with van der Waals surface area (Å²) in [4.78, 5) is 10.9. The lowest BCUT2D eigenvalue weighted by Crippen LogP contribution is -2.83. The number of hydrogen-bond acceptors (Lipinski definition) is 2. The lowest BCUT2D eigenvalue weighted by Gasteiger charge is -2.71. The largest absolute Gasteiger partial charge is 0.351 e. The van der Waals surface area contributed by atoms with E-state index in [4.69, 9.17) is 0 Å². The molecule has 1 amide bonds. The monoisotopic (exact) mass is 182 g/mol. The van der Waals surface area contributed by atoms with Crippen molar-refractivity contribution in [3.63, 3.8) is 0 Å². The Kier molecular flexibility index (Phi) is 1.71. The molecule has 3 aliphatic rings. The topological polar surface area (TPSA) is 41.1 Å². The molecule has 0 spiro atoms. The zero-order valence-electron chi connectivity index (χ0n) is 8.61. The van der Waals surface area contributed by atoms with Crippen LogP contribution in [0, 0.1) is 0 Å². The molecule has 0 radical (unpaired) electrons. The average Bonchev–Trinajstić information content (AvgIpc) is 1.77. The second-order valence-corrected chi connectivity index (χ2v) is 5.07. The van der Waals surface area contributed by atoms with Gasteiger partial charge in [-0.05, 0) is 19.3 Å². The van der Waals surface area contributed by atoms with Gasteiger partial charge in [0.25, 0.3) is 0 Å². The number of nitrogens with one attached hydrogen (secondary N) is 2. The van der Waals surface area contributed by atoms with Gasteiger partial charge < -0.3 is 10.6 Å². The Morgan fingerprint density at radius 3 is 2.15 bits per heavy atom. The zero-order chi connectivity index (χ0) is 9.69. The van der Waals surface area contributed by atoms with Gasteiger partial charge in [0.2, 0.25) is 5.91 Å². The molecule has 0 saturated heterocycles. The second-order valence-electron chi connectivity index (χ2n) is 5.07. The van der Waals surface area contributed by atoms with Gasteiger partial charge in [0.05, 0.1) is 0 Å². The third-order valence-corrected chi connectivity index (χ3v) is 3.07. The first-order valence-corrected chi connectivity index (χ1v) is 5.02. The predicted octanol–water partition coefficient (Wildman–Crippen LogP) is 0.796. The van der Waals surface area contributed by atoms with E-state index in [0.717, 1.165) is 19.3 Å². The molecule has 3 fully saturated rings. The molecule has 0 aliphatic heterocycles. The highest BCUT2D eigenvalue weighted by Crippen LogP contribution is 2.60. The van der Waals surface area contributed by atoms with Crippen LogP contribution in [0.3, 0.4) is 0 Å². The molecule has 74 valence electrons. The van der Waals surface area contributed by atoms with Gasteiger partial charge in [0.1, 0.15) is 0 Å². The molecular formula is C10H18N2O. The molecule has 2 bridgehead atoms. The maximum Gasteiger partial charge on any atom is 0.217 e. The van der Waals surface area contributed by atoms with Crippen molar-refractivity contribution in [3.05, 3.63) is 0 Å². The quantitative estimate of drug-likeness (QED) is 0.677. The van der Waals surface area contributed by atoms with Crippen LogP contribution in [0.1, 0.15) is 40.0 Å². The lowest BCUT2D eigenvalue weighted by atomic mass is 9.44. The molecule has 2 N–H and O–H groups in total. The highest BCUT2D eigenvalue weighted by Gasteiger charge is 2.68. The molecule has 0 heterocycles. The first-order chi connectivity index (χ1) is 5.95. The molecule has 3 heteroatoms. The van der Waals surface area contributed by atoms with Crippen molar-refractivity contribution in [1.82, 2.24) is 10.6 Å². The fraction of sp³-hybridized carbons (Fsp3) is 0.900. The molecule has 0 atom stereocenters. The van der Waals surface area contributed by atoms with E-state index in [0.29, 0.717) is 11.6 Å². The molecular weight excluding hydrogens is 164 g/mol. The summed E-state index contributed by atoms with van der Waals surface area (Å²) in [5.41, 5.74) is 0.546. The minimum absolute atomic E-state index is 0.109. The van der Waals surface area contributed by atoms with E-state index in [2.05, 4.69) is 24.5 Å². The van der Waals surface area contributed by atoms with Crippen molar-refractivity contribution in [2.24, 2.45) is 0 Å². The summed E-state index contributed by atoms with van der Waals surface area (Å²) >= 11 is 0. The smallest absolute Gasteiger partial charge is 0.217 e. The van der Waals surface area contributed by atoms with Gasteiger partial charge in [-0.25, -0.2) is 0 Å². The van der Waals surface area contributed by atoms with Crippen LogP contribution in [0.25, 0.3) is 0 Å². The van der Waals surface area contributed by atoms with Gasteiger partial charge >= 0.3 is 0 Å². The number of carbonyl (C=O) groups excluding carboxylic acids is 1. The summed E-state index contributed by atoms with van der Waals surface area (Å²) in [6.07, 6.45) is 3.37. The fourth-order valence-corrected chi connectivity index (χ4v) is 3.06. The minimum atomic E-state index is 0.109. The van der Waals surface area contributed by atoms with Gasteiger partial charge in [-0.2, -0.15) is 0 Å². The Morgan fingerprint density at radius 2 is 1.77 bits per heavy atom. The molecule has 3 saturated carbocycles. The van der Waals surface area contributed by atoms with E-state index in [1.54, 1.807) is 6.92 Å². The van der Waals surface area contributed by atoms with Crippen molar-refractivity contribution in [2.75, 3.05) is 0 Å². The van der Waals surface area contributed by atoms with Gasteiger partial charge in [-0.3, -0.25) is 4.79 Å². The highest BCUT2D eigenvalue weighted by atomic mass is 16.1. The number of amides is 1. The van der Waals surface area contributed by atoms with E-state index in [9.17, 15) is 4.79 Å². The first-order valence-electron chi connectivity index (χ1n) is 5.02. The Morgan fingerprint density at radius 1 is 1.23 bits per heavy atom. The van der Waals surface area contributed by atoms with Crippen LogP contribution in [0.5, 0.6) is 0 Å². The molecule has 3 rings (SSSR count). The highest BCUT2D eigenvalue weighted by molar-refractivity contribution is 5.74. The lowest BCUT2D eigenvalue weighted by molar-refractivity contribution is -0.140. The maximum atomic E-state index is 10.9. The number of carbonyl (C=O) groups is 1. The SMILES string of the molecule is CC(=O)NC12CC(NC(C)C)(C1)C2. The molecule has 0 unspecified atom stereocenters. The third-order valence-electron chi connectivity index (χ3n) is 3.07. The normalized spacial score (nSPS) is 40.9. The maximum absolute atomic E-state index is 10.9. The molecule has 3 nitrogen and oxygen atoms in total. The van der Waals surface area contributed by atoms with Crippen LogP contribution in [0.4, 0.5) is 0 Å². The van der Waals surface area contributed by atoms with Crippen LogP contribution in [0.15, 0.2) is 0 Å². The van der Waals surface area contributed by atoms with Gasteiger partial charge in [-0.15, -0.1) is 0 Å². The van der Waals surface area contributed by atoms with Gasteiger partial charge in [-0.1, -0.05) is 13.8 Å². The second kappa shape index (κ2) is 2.47. The summed E-state index contributed by atoms with van der Waals surface area (Å²) in [5.74, 6) is 0.109. The zero-order valence-corrected chi connectivity index (χ0v) is 8.61. The molecule has 3 aliphatic carbocycles. The third kappa shape index (κ3) is 1.35. The summed E-state index contributed by atoms with van der Waals surface area (Å²) in [6, 6.07) is 0.552. The van der Waals surface area contributed by atoms with Crippen LogP contribution in [-0.2, 0) is 4.79 Å². The van der Waals surface area contributed by atoms with Crippen molar-refractivity contribution in [2.45, 2.75) is 57.2 Å². The average molecular weight is 182 g/mol. The summed E-state index contributed by atoms with van der Waals surface area (Å²) in [7, 11) is 0. The van der Waals surface area contributed by atoms with E-state index in [1.807, 2.05) is 0 Å². The minimum Gasteiger partial charge on any atom is -0.351 e. The Labute approximate surface area is 79.3 Å². The first kappa shape index (κ1) is 9.00. The Bertz CT molecular complexity index is 228. The van der Waals surface area contributed by atoms with Gasteiger partial charge in [0.15, 0.2) is 0 Å². The van der Waals surface area contributed by atoms with Crippen LogP contribution >= 0.6 is 0 Å². The standard InChI is InChI=1S/C10H18N2O/c1-7(2)11-9-4-10(5-9,6-9)12-8(3)13/h7,11H,4-6H2,1-3H3,(H,12,13). The molecule has 0 aromatic heterocycles. The Hall–Kier alpha value is -0.570. The van der Waals surface area contributed by atoms with Crippen molar-refractivity contribution in [3.8, 4) is 0 Å². The molecule has 13 heavy (non-hydrogen) atoms. The van der Waals surface area contributed by atoms with E-state index >= 15 is 0 Å². The van der Waals surface area contributed by atoms with Crippen LogP contribution < -0.4 is 10.6 Å². The van der Waals surface area contributed by atoms with E-state index in [1.165, 1.54) is 0 Å². The fourth-order valence-electron chi connectivity index (χ4n) is 3.06. The summed E-state index contributed by atoms with van der Waals surface area (Å²) in [6.45, 7) is 5.94. The number of hydrogen-bond donors (Lipinski definition) is 2. The summed E-state index contributed by atoms with van der Waals surface area (Å²) < 4.78 is 0. The van der Waals surface area contributed by atoms with Crippen molar-refractivity contribution >= 4 is 5.91 Å².